The monoisotopic (exact) mass is 206 g/mol. The van der Waals surface area contributed by atoms with Crippen LogP contribution in [0.4, 0.5) is 0 Å². The van der Waals surface area contributed by atoms with Crippen LogP contribution in [0.3, 0.4) is 0 Å². The Morgan fingerprint density at radius 2 is 2.07 bits per heavy atom. The van der Waals surface area contributed by atoms with Gasteiger partial charge in [0, 0.05) is 11.3 Å². The molecule has 1 aliphatic rings. The highest BCUT2D eigenvalue weighted by Crippen LogP contribution is 2.33. The third kappa shape index (κ3) is 1.59. The van der Waals surface area contributed by atoms with Gasteiger partial charge in [0.2, 0.25) is 0 Å². The SMILES string of the molecule is CC(C)C1SCc2ccccc2C1=O. The van der Waals surface area contributed by atoms with Crippen LogP contribution in [0.5, 0.6) is 0 Å². The van der Waals surface area contributed by atoms with E-state index in [9.17, 15) is 4.79 Å². The van der Waals surface area contributed by atoms with Crippen molar-refractivity contribution < 1.29 is 4.79 Å². The highest BCUT2D eigenvalue weighted by Gasteiger charge is 2.29. The van der Waals surface area contributed by atoms with E-state index in [0.29, 0.717) is 11.7 Å². The zero-order valence-corrected chi connectivity index (χ0v) is 9.30. The van der Waals surface area contributed by atoms with E-state index < -0.39 is 0 Å². The molecule has 0 radical (unpaired) electrons. The molecule has 2 heteroatoms. The van der Waals surface area contributed by atoms with Gasteiger partial charge in [-0.05, 0) is 11.5 Å². The molecule has 1 atom stereocenters. The van der Waals surface area contributed by atoms with Crippen LogP contribution in [-0.4, -0.2) is 11.0 Å². The van der Waals surface area contributed by atoms with E-state index >= 15 is 0 Å². The second-order valence-corrected chi connectivity index (χ2v) is 5.13. The van der Waals surface area contributed by atoms with Crippen LogP contribution in [0.25, 0.3) is 0 Å². The average Bonchev–Trinajstić information content (AvgIpc) is 2.18. The third-order valence-electron chi connectivity index (χ3n) is 2.57. The Kier molecular flexibility index (Phi) is 2.64. The normalized spacial score (nSPS) is 21.1. The molecule has 1 aliphatic heterocycles. The van der Waals surface area contributed by atoms with Crippen LogP contribution in [0.2, 0.25) is 0 Å². The summed E-state index contributed by atoms with van der Waals surface area (Å²) in [6, 6.07) is 7.95. The summed E-state index contributed by atoms with van der Waals surface area (Å²) in [7, 11) is 0. The Labute approximate surface area is 88.9 Å². The first-order valence-corrected chi connectivity index (χ1v) is 5.98. The minimum atomic E-state index is 0.157. The van der Waals surface area contributed by atoms with Crippen molar-refractivity contribution in [3.05, 3.63) is 35.4 Å². The lowest BCUT2D eigenvalue weighted by molar-refractivity contribution is 0.0973. The molecule has 1 aromatic rings. The van der Waals surface area contributed by atoms with E-state index in [1.165, 1.54) is 5.56 Å². The van der Waals surface area contributed by atoms with Crippen molar-refractivity contribution in [2.75, 3.05) is 0 Å². The Morgan fingerprint density at radius 3 is 2.79 bits per heavy atom. The van der Waals surface area contributed by atoms with Gasteiger partial charge in [-0.1, -0.05) is 38.1 Å². The summed E-state index contributed by atoms with van der Waals surface area (Å²) in [6.45, 7) is 4.23. The van der Waals surface area contributed by atoms with Crippen molar-refractivity contribution in [2.45, 2.75) is 24.9 Å². The van der Waals surface area contributed by atoms with Gasteiger partial charge in [0.15, 0.2) is 5.78 Å². The number of fused-ring (bicyclic) bond motifs is 1. The zero-order chi connectivity index (χ0) is 10.1. The quantitative estimate of drug-likeness (QED) is 0.702. The maximum absolute atomic E-state index is 12.0. The molecular formula is C12H14OS. The number of carbonyl (C=O) groups excluding carboxylic acids is 1. The van der Waals surface area contributed by atoms with Crippen LogP contribution < -0.4 is 0 Å². The lowest BCUT2D eigenvalue weighted by atomic mass is 9.96. The number of hydrogen-bond donors (Lipinski definition) is 0. The van der Waals surface area contributed by atoms with Crippen LogP contribution in [-0.2, 0) is 5.75 Å². The lowest BCUT2D eigenvalue weighted by Gasteiger charge is -2.25. The van der Waals surface area contributed by atoms with E-state index in [2.05, 4.69) is 19.9 Å². The molecule has 74 valence electrons. The largest absolute Gasteiger partial charge is 0.293 e. The van der Waals surface area contributed by atoms with Gasteiger partial charge in [-0.25, -0.2) is 0 Å². The maximum Gasteiger partial charge on any atom is 0.176 e. The van der Waals surface area contributed by atoms with Crippen molar-refractivity contribution in [3.63, 3.8) is 0 Å². The number of rotatable bonds is 1. The summed E-state index contributed by atoms with van der Waals surface area (Å²) in [4.78, 5) is 12.0. The summed E-state index contributed by atoms with van der Waals surface area (Å²) < 4.78 is 0. The summed E-state index contributed by atoms with van der Waals surface area (Å²) in [5, 5.41) is 0.157. The minimum Gasteiger partial charge on any atom is -0.293 e. The smallest absolute Gasteiger partial charge is 0.176 e. The third-order valence-corrected chi connectivity index (χ3v) is 4.16. The predicted molar refractivity (Wildman–Crippen MR) is 60.7 cm³/mol. The molecule has 2 rings (SSSR count). The number of carbonyl (C=O) groups is 1. The molecule has 0 saturated carbocycles. The van der Waals surface area contributed by atoms with E-state index in [1.807, 2.05) is 18.2 Å². The van der Waals surface area contributed by atoms with Gasteiger partial charge >= 0.3 is 0 Å². The molecule has 0 saturated heterocycles. The Hall–Kier alpha value is -0.760. The van der Waals surface area contributed by atoms with Crippen molar-refractivity contribution in [1.29, 1.82) is 0 Å². The molecule has 1 heterocycles. The van der Waals surface area contributed by atoms with Gasteiger partial charge < -0.3 is 0 Å². The molecule has 14 heavy (non-hydrogen) atoms. The first-order valence-electron chi connectivity index (χ1n) is 4.94. The number of thioether (sulfide) groups is 1. The van der Waals surface area contributed by atoms with Gasteiger partial charge in [-0.2, -0.15) is 0 Å². The van der Waals surface area contributed by atoms with Crippen LogP contribution >= 0.6 is 11.8 Å². The summed E-state index contributed by atoms with van der Waals surface area (Å²) >= 11 is 1.77. The van der Waals surface area contributed by atoms with Crippen LogP contribution in [0.15, 0.2) is 24.3 Å². The minimum absolute atomic E-state index is 0.157. The molecule has 0 amide bonds. The fourth-order valence-electron chi connectivity index (χ4n) is 1.79. The second-order valence-electron chi connectivity index (χ2n) is 4.00. The first kappa shape index (κ1) is 9.78. The number of ketones is 1. The molecule has 0 aromatic heterocycles. The fraction of sp³-hybridized carbons (Fsp3) is 0.417. The zero-order valence-electron chi connectivity index (χ0n) is 8.49. The maximum atomic E-state index is 12.0. The van der Waals surface area contributed by atoms with E-state index in [0.717, 1.165) is 11.3 Å². The molecule has 1 unspecified atom stereocenters. The Morgan fingerprint density at radius 1 is 1.36 bits per heavy atom. The molecule has 0 N–H and O–H groups in total. The fourth-order valence-corrected chi connectivity index (χ4v) is 3.06. The van der Waals surface area contributed by atoms with Gasteiger partial charge in [0.25, 0.3) is 0 Å². The first-order chi connectivity index (χ1) is 6.70. The average molecular weight is 206 g/mol. The van der Waals surface area contributed by atoms with E-state index in [1.54, 1.807) is 11.8 Å². The second kappa shape index (κ2) is 3.77. The molecule has 1 nitrogen and oxygen atoms in total. The molecule has 0 fully saturated rings. The molecule has 0 aliphatic carbocycles. The van der Waals surface area contributed by atoms with E-state index in [4.69, 9.17) is 0 Å². The van der Waals surface area contributed by atoms with Gasteiger partial charge in [0.05, 0.1) is 5.25 Å². The van der Waals surface area contributed by atoms with Crippen molar-refractivity contribution >= 4 is 17.5 Å². The lowest BCUT2D eigenvalue weighted by Crippen LogP contribution is -2.27. The van der Waals surface area contributed by atoms with Crippen molar-refractivity contribution in [3.8, 4) is 0 Å². The Bertz CT molecular complexity index is 357. The van der Waals surface area contributed by atoms with Crippen molar-refractivity contribution in [2.24, 2.45) is 5.92 Å². The summed E-state index contributed by atoms with van der Waals surface area (Å²) in [5.41, 5.74) is 2.13. The number of benzene rings is 1. The standard InChI is InChI=1S/C12H14OS/c1-8(2)12-11(13)10-6-4-3-5-9(10)7-14-12/h3-6,8,12H,7H2,1-2H3. The Balaban J connectivity index is 2.37. The van der Waals surface area contributed by atoms with Crippen molar-refractivity contribution in [1.82, 2.24) is 0 Å². The predicted octanol–water partition coefficient (Wildman–Crippen LogP) is 3.14. The van der Waals surface area contributed by atoms with Crippen LogP contribution in [0, 0.1) is 5.92 Å². The number of hydrogen-bond acceptors (Lipinski definition) is 2. The highest BCUT2D eigenvalue weighted by molar-refractivity contribution is 8.00. The van der Waals surface area contributed by atoms with Gasteiger partial charge in [-0.15, -0.1) is 11.8 Å². The van der Waals surface area contributed by atoms with Gasteiger partial charge in [0.1, 0.15) is 0 Å². The molecule has 0 bridgehead atoms. The summed E-state index contributed by atoms with van der Waals surface area (Å²) in [6.07, 6.45) is 0. The molecule has 0 spiro atoms. The van der Waals surface area contributed by atoms with E-state index in [-0.39, 0.29) is 5.25 Å². The van der Waals surface area contributed by atoms with Gasteiger partial charge in [-0.3, -0.25) is 4.79 Å². The van der Waals surface area contributed by atoms with Crippen LogP contribution in [0.1, 0.15) is 29.8 Å². The topological polar surface area (TPSA) is 17.1 Å². The summed E-state index contributed by atoms with van der Waals surface area (Å²) in [5.74, 6) is 1.72. The number of Topliss-reactive ketones (excluding diaryl/α,β-unsaturated/α-hetero) is 1. The molecular weight excluding hydrogens is 192 g/mol. The molecule has 1 aromatic carbocycles. The highest BCUT2D eigenvalue weighted by atomic mass is 32.2.